The Morgan fingerprint density at radius 1 is 1.36 bits per heavy atom. The molecule has 4 rings (SSSR count). The third-order valence-corrected chi connectivity index (χ3v) is 4.74. The van der Waals surface area contributed by atoms with Gasteiger partial charge in [-0.2, -0.15) is 0 Å². The minimum Gasteiger partial charge on any atom is -0.488 e. The first kappa shape index (κ1) is 15.6. The molecule has 0 bridgehead atoms. The maximum Gasteiger partial charge on any atom is 0.321 e. The molecule has 0 unspecified atom stereocenters. The van der Waals surface area contributed by atoms with Crippen molar-refractivity contribution in [2.24, 2.45) is 0 Å². The Labute approximate surface area is 148 Å². The summed E-state index contributed by atoms with van der Waals surface area (Å²) >= 11 is 1.44. The maximum atomic E-state index is 11.6. The van der Waals surface area contributed by atoms with Gasteiger partial charge >= 0.3 is 6.03 Å². The third kappa shape index (κ3) is 3.20. The predicted octanol–water partition coefficient (Wildman–Crippen LogP) is 3.30. The molecule has 3 N–H and O–H groups in total. The Morgan fingerprint density at radius 2 is 2.28 bits per heavy atom. The molecule has 0 fully saturated rings. The fraction of sp³-hybridized carbons (Fsp3) is 0.235. The van der Waals surface area contributed by atoms with Gasteiger partial charge in [0.05, 0.1) is 16.8 Å². The van der Waals surface area contributed by atoms with Crippen LogP contribution in [0.3, 0.4) is 0 Å². The van der Waals surface area contributed by atoms with Crippen molar-refractivity contribution in [3.05, 3.63) is 30.5 Å². The van der Waals surface area contributed by atoms with Gasteiger partial charge < -0.3 is 15.4 Å². The number of aromatic nitrogens is 2. The van der Waals surface area contributed by atoms with Crippen LogP contribution < -0.4 is 20.7 Å². The molecule has 0 aliphatic carbocycles. The van der Waals surface area contributed by atoms with Crippen molar-refractivity contribution in [3.63, 3.8) is 0 Å². The SMILES string of the molecule is CCNC(=O)Nc1nc2cc(-c3cnc4c(c3)OCCN4)ccc2s1. The first-order chi connectivity index (χ1) is 12.2. The molecule has 128 valence electrons. The Morgan fingerprint density at radius 3 is 3.16 bits per heavy atom. The molecule has 2 aromatic heterocycles. The Kier molecular flexibility index (Phi) is 4.10. The number of benzene rings is 1. The Balaban J connectivity index is 1.63. The van der Waals surface area contributed by atoms with Crippen molar-refractivity contribution < 1.29 is 9.53 Å². The molecule has 1 aliphatic heterocycles. The zero-order valence-corrected chi connectivity index (χ0v) is 14.4. The summed E-state index contributed by atoms with van der Waals surface area (Å²) in [6, 6.07) is 7.76. The molecule has 2 amide bonds. The van der Waals surface area contributed by atoms with Gasteiger partial charge in [-0.25, -0.2) is 14.8 Å². The molecule has 3 aromatic rings. The molecule has 0 radical (unpaired) electrons. The molecule has 1 aromatic carbocycles. The summed E-state index contributed by atoms with van der Waals surface area (Å²) in [5.41, 5.74) is 2.81. The van der Waals surface area contributed by atoms with Crippen LogP contribution >= 0.6 is 11.3 Å². The molecule has 0 saturated heterocycles. The van der Waals surface area contributed by atoms with E-state index >= 15 is 0 Å². The number of anilines is 2. The van der Waals surface area contributed by atoms with Crippen LogP contribution in [0.2, 0.25) is 0 Å². The number of nitrogens with one attached hydrogen (secondary N) is 3. The smallest absolute Gasteiger partial charge is 0.321 e. The summed E-state index contributed by atoms with van der Waals surface area (Å²) < 4.78 is 6.66. The van der Waals surface area contributed by atoms with Gasteiger partial charge in [-0.15, -0.1) is 0 Å². The second-order valence-electron chi connectivity index (χ2n) is 5.53. The number of urea groups is 1. The number of fused-ring (bicyclic) bond motifs is 2. The summed E-state index contributed by atoms with van der Waals surface area (Å²) in [5.74, 6) is 1.54. The Hall–Kier alpha value is -2.87. The summed E-state index contributed by atoms with van der Waals surface area (Å²) in [6.07, 6.45) is 1.82. The van der Waals surface area contributed by atoms with E-state index in [1.165, 1.54) is 11.3 Å². The number of hydrogen-bond acceptors (Lipinski definition) is 6. The summed E-state index contributed by atoms with van der Waals surface area (Å²) in [5, 5.41) is 9.23. The van der Waals surface area contributed by atoms with Crippen LogP contribution in [0.5, 0.6) is 5.75 Å². The molecular weight excluding hydrogens is 338 g/mol. The first-order valence-corrected chi connectivity index (χ1v) is 8.87. The Bertz CT molecular complexity index is 940. The van der Waals surface area contributed by atoms with Gasteiger partial charge in [0, 0.05) is 18.3 Å². The van der Waals surface area contributed by atoms with Crippen LogP contribution in [-0.2, 0) is 0 Å². The molecule has 0 saturated carbocycles. The van der Waals surface area contributed by atoms with Crippen LogP contribution in [0.4, 0.5) is 15.7 Å². The number of pyridine rings is 1. The molecule has 7 nitrogen and oxygen atoms in total. The van der Waals surface area contributed by atoms with Crippen LogP contribution in [0.15, 0.2) is 30.5 Å². The minimum absolute atomic E-state index is 0.245. The van der Waals surface area contributed by atoms with E-state index in [1.807, 2.05) is 37.4 Å². The molecule has 1 aliphatic rings. The van der Waals surface area contributed by atoms with Crippen molar-refractivity contribution in [2.45, 2.75) is 6.92 Å². The lowest BCUT2D eigenvalue weighted by Crippen LogP contribution is -2.28. The fourth-order valence-electron chi connectivity index (χ4n) is 2.64. The number of carbonyl (C=O) groups excluding carboxylic acids is 1. The van der Waals surface area contributed by atoms with Gasteiger partial charge in [-0.1, -0.05) is 17.4 Å². The van der Waals surface area contributed by atoms with Crippen molar-refractivity contribution >= 4 is 38.5 Å². The highest BCUT2D eigenvalue weighted by atomic mass is 32.1. The number of carbonyl (C=O) groups is 1. The predicted molar refractivity (Wildman–Crippen MR) is 99.5 cm³/mol. The van der Waals surface area contributed by atoms with E-state index in [2.05, 4.69) is 25.9 Å². The lowest BCUT2D eigenvalue weighted by atomic mass is 10.1. The number of thiazole rings is 1. The summed E-state index contributed by atoms with van der Waals surface area (Å²) in [4.78, 5) is 20.5. The van der Waals surface area contributed by atoms with E-state index in [0.717, 1.165) is 39.5 Å². The van der Waals surface area contributed by atoms with E-state index < -0.39 is 0 Å². The van der Waals surface area contributed by atoms with Gasteiger partial charge in [0.15, 0.2) is 16.7 Å². The van der Waals surface area contributed by atoms with Crippen LogP contribution in [0.1, 0.15) is 6.92 Å². The minimum atomic E-state index is -0.245. The number of ether oxygens (including phenoxy) is 1. The number of hydrogen-bond donors (Lipinski definition) is 3. The number of amides is 2. The van der Waals surface area contributed by atoms with E-state index in [4.69, 9.17) is 4.74 Å². The monoisotopic (exact) mass is 355 g/mol. The molecule has 0 spiro atoms. The van der Waals surface area contributed by atoms with E-state index in [-0.39, 0.29) is 6.03 Å². The van der Waals surface area contributed by atoms with Crippen LogP contribution in [0.25, 0.3) is 21.3 Å². The van der Waals surface area contributed by atoms with Gasteiger partial charge in [-0.05, 0) is 30.7 Å². The molecule has 8 heteroatoms. The fourth-order valence-corrected chi connectivity index (χ4v) is 3.48. The second kappa shape index (κ2) is 6.56. The van der Waals surface area contributed by atoms with Crippen molar-refractivity contribution in [2.75, 3.05) is 30.3 Å². The summed E-state index contributed by atoms with van der Waals surface area (Å²) in [6.45, 7) is 3.85. The van der Waals surface area contributed by atoms with E-state index in [9.17, 15) is 4.79 Å². The zero-order valence-electron chi connectivity index (χ0n) is 13.6. The first-order valence-electron chi connectivity index (χ1n) is 8.05. The molecule has 0 atom stereocenters. The van der Waals surface area contributed by atoms with Gasteiger partial charge in [0.1, 0.15) is 6.61 Å². The van der Waals surface area contributed by atoms with Crippen molar-refractivity contribution in [3.8, 4) is 16.9 Å². The average Bonchev–Trinajstić information content (AvgIpc) is 3.02. The zero-order chi connectivity index (χ0) is 17.2. The maximum absolute atomic E-state index is 11.6. The van der Waals surface area contributed by atoms with Crippen LogP contribution in [-0.4, -0.2) is 35.7 Å². The normalized spacial score (nSPS) is 12.8. The number of rotatable bonds is 3. The van der Waals surface area contributed by atoms with Gasteiger partial charge in [0.25, 0.3) is 0 Å². The van der Waals surface area contributed by atoms with Crippen LogP contribution in [0, 0.1) is 0 Å². The van der Waals surface area contributed by atoms with Crippen molar-refractivity contribution in [1.82, 2.24) is 15.3 Å². The highest BCUT2D eigenvalue weighted by molar-refractivity contribution is 7.22. The topological polar surface area (TPSA) is 88.2 Å². The average molecular weight is 355 g/mol. The lowest BCUT2D eigenvalue weighted by Gasteiger charge is -2.18. The molecule has 3 heterocycles. The molecular formula is C17H17N5O2S. The molecule has 25 heavy (non-hydrogen) atoms. The second-order valence-corrected chi connectivity index (χ2v) is 6.56. The van der Waals surface area contributed by atoms with Crippen molar-refractivity contribution in [1.29, 1.82) is 0 Å². The lowest BCUT2D eigenvalue weighted by molar-refractivity contribution is 0.252. The highest BCUT2D eigenvalue weighted by Gasteiger charge is 2.13. The van der Waals surface area contributed by atoms with E-state index in [0.29, 0.717) is 18.3 Å². The standard InChI is InChI=1S/C17H17N5O2S/c1-2-18-16(23)22-17-21-12-7-10(3-4-14(12)25-17)11-8-13-15(20-9-11)19-5-6-24-13/h3-4,7-9H,2,5-6H2,1H3,(H,19,20)(H2,18,21,22,23). The quantitative estimate of drug-likeness (QED) is 0.671. The van der Waals surface area contributed by atoms with Gasteiger partial charge in [0.2, 0.25) is 0 Å². The third-order valence-electron chi connectivity index (χ3n) is 3.78. The van der Waals surface area contributed by atoms with Gasteiger partial charge in [-0.3, -0.25) is 5.32 Å². The largest absolute Gasteiger partial charge is 0.488 e. The highest BCUT2D eigenvalue weighted by Crippen LogP contribution is 2.33. The summed E-state index contributed by atoms with van der Waals surface area (Å²) in [7, 11) is 0. The number of nitrogens with zero attached hydrogens (tertiary/aromatic N) is 2. The van der Waals surface area contributed by atoms with E-state index in [1.54, 1.807) is 0 Å².